The Labute approximate surface area is 90.8 Å². The van der Waals surface area contributed by atoms with Crippen LogP contribution in [0, 0.1) is 0 Å². The lowest BCUT2D eigenvalue weighted by molar-refractivity contribution is -0.136. The summed E-state index contributed by atoms with van der Waals surface area (Å²) in [6, 6.07) is 0. The predicted octanol–water partition coefficient (Wildman–Crippen LogP) is -0.0512. The van der Waals surface area contributed by atoms with Crippen LogP contribution in [0.2, 0.25) is 0 Å². The Bertz CT molecular complexity index is 451. The molecule has 1 rings (SSSR count). The number of sulfonamides is 1. The van der Waals surface area contributed by atoms with Crippen molar-refractivity contribution in [3.63, 3.8) is 0 Å². The lowest BCUT2D eigenvalue weighted by Gasteiger charge is -1.92. The second kappa shape index (κ2) is 4.69. The van der Waals surface area contributed by atoms with Gasteiger partial charge in [0.05, 0.1) is 12.1 Å². The van der Waals surface area contributed by atoms with E-state index in [2.05, 4.69) is 4.98 Å². The van der Waals surface area contributed by atoms with Gasteiger partial charge in [-0.25, -0.2) is 18.5 Å². The van der Waals surface area contributed by atoms with Crippen LogP contribution in [-0.2, 0) is 27.0 Å². The number of carbonyl (C=O) groups is 1. The smallest absolute Gasteiger partial charge is 0.303 e. The molecule has 0 fully saturated rings. The topological polar surface area (TPSA) is 110 Å². The molecule has 0 spiro atoms. The number of carboxylic acid groups (broad SMARTS) is 1. The number of aryl methyl sites for hydroxylation is 1. The van der Waals surface area contributed by atoms with Crippen LogP contribution in [0.4, 0.5) is 0 Å². The third kappa shape index (κ3) is 4.86. The van der Waals surface area contributed by atoms with Crippen molar-refractivity contribution in [2.45, 2.75) is 18.6 Å². The van der Waals surface area contributed by atoms with Crippen LogP contribution >= 0.6 is 11.3 Å². The Balaban J connectivity index is 2.60. The van der Waals surface area contributed by atoms with Gasteiger partial charge in [-0.1, -0.05) is 0 Å². The summed E-state index contributed by atoms with van der Waals surface area (Å²) in [4.78, 5) is 14.2. The molecule has 6 nitrogen and oxygen atoms in total. The quantitative estimate of drug-likeness (QED) is 0.761. The number of hydrogen-bond donors (Lipinski definition) is 2. The summed E-state index contributed by atoms with van der Waals surface area (Å²) in [6.45, 7) is 0. The van der Waals surface area contributed by atoms with Crippen molar-refractivity contribution in [3.8, 4) is 0 Å². The molecular weight excluding hydrogens is 240 g/mol. The van der Waals surface area contributed by atoms with Crippen molar-refractivity contribution < 1.29 is 18.3 Å². The van der Waals surface area contributed by atoms with Gasteiger partial charge < -0.3 is 5.11 Å². The van der Waals surface area contributed by atoms with Gasteiger partial charge in [0.1, 0.15) is 10.8 Å². The summed E-state index contributed by atoms with van der Waals surface area (Å²) >= 11 is 1.16. The van der Waals surface area contributed by atoms with Crippen LogP contribution in [0.5, 0.6) is 0 Å². The molecule has 8 heteroatoms. The van der Waals surface area contributed by atoms with Gasteiger partial charge in [-0.15, -0.1) is 11.3 Å². The van der Waals surface area contributed by atoms with E-state index < -0.39 is 16.0 Å². The minimum absolute atomic E-state index is 0.0153. The first-order valence-electron chi connectivity index (χ1n) is 4.02. The maximum atomic E-state index is 10.7. The number of nitrogens with two attached hydrogens (primary N) is 1. The van der Waals surface area contributed by atoms with E-state index in [0.717, 1.165) is 11.3 Å². The summed E-state index contributed by atoms with van der Waals surface area (Å²) in [5, 5.41) is 15.3. The van der Waals surface area contributed by atoms with Crippen LogP contribution in [0.1, 0.15) is 17.1 Å². The van der Waals surface area contributed by atoms with E-state index in [1.807, 2.05) is 0 Å². The highest BCUT2D eigenvalue weighted by atomic mass is 32.2. The molecule has 84 valence electrons. The molecule has 0 radical (unpaired) electrons. The van der Waals surface area contributed by atoms with E-state index in [4.69, 9.17) is 10.2 Å². The molecule has 0 saturated heterocycles. The molecule has 1 heterocycles. The maximum absolute atomic E-state index is 10.7. The molecule has 15 heavy (non-hydrogen) atoms. The fourth-order valence-corrected chi connectivity index (χ4v) is 2.72. The SMILES string of the molecule is NS(=O)(=O)Cc1nc(CCC(=O)O)cs1. The third-order valence-corrected chi connectivity index (χ3v) is 3.28. The predicted molar refractivity (Wildman–Crippen MR) is 54.9 cm³/mol. The molecule has 0 amide bonds. The summed E-state index contributed by atoms with van der Waals surface area (Å²) in [7, 11) is -3.56. The first kappa shape index (κ1) is 12.1. The third-order valence-electron chi connectivity index (χ3n) is 1.52. The number of aromatic nitrogens is 1. The molecular formula is C7H10N2O4S2. The van der Waals surface area contributed by atoms with Crippen molar-refractivity contribution >= 4 is 27.3 Å². The summed E-state index contributed by atoms with van der Waals surface area (Å²) < 4.78 is 21.5. The molecule has 0 aliphatic heterocycles. The van der Waals surface area contributed by atoms with Gasteiger partial charge in [-0.3, -0.25) is 4.79 Å². The largest absolute Gasteiger partial charge is 0.481 e. The monoisotopic (exact) mass is 250 g/mol. The van der Waals surface area contributed by atoms with E-state index in [-0.39, 0.29) is 12.2 Å². The minimum atomic E-state index is -3.56. The lowest BCUT2D eigenvalue weighted by Crippen LogP contribution is -2.14. The Kier molecular flexibility index (Phi) is 3.77. The van der Waals surface area contributed by atoms with E-state index >= 15 is 0 Å². The van der Waals surface area contributed by atoms with Gasteiger partial charge in [-0.2, -0.15) is 0 Å². The van der Waals surface area contributed by atoms with Crippen molar-refractivity contribution in [2.24, 2.45) is 5.14 Å². The molecule has 3 N–H and O–H groups in total. The zero-order valence-electron chi connectivity index (χ0n) is 7.71. The zero-order chi connectivity index (χ0) is 11.5. The number of carboxylic acids is 1. The average molecular weight is 250 g/mol. The second-order valence-corrected chi connectivity index (χ2v) is 5.49. The van der Waals surface area contributed by atoms with Gasteiger partial charge in [0.2, 0.25) is 10.0 Å². The van der Waals surface area contributed by atoms with Gasteiger partial charge in [0.15, 0.2) is 0 Å². The molecule has 0 aliphatic rings. The highest BCUT2D eigenvalue weighted by Crippen LogP contribution is 2.13. The molecule has 0 aliphatic carbocycles. The Morgan fingerprint density at radius 3 is 2.80 bits per heavy atom. The molecule has 0 unspecified atom stereocenters. The molecule has 0 bridgehead atoms. The average Bonchev–Trinajstić information content (AvgIpc) is 2.45. The van der Waals surface area contributed by atoms with E-state index in [9.17, 15) is 13.2 Å². The highest BCUT2D eigenvalue weighted by molar-refractivity contribution is 7.88. The normalized spacial score (nSPS) is 11.5. The van der Waals surface area contributed by atoms with Gasteiger partial charge in [0, 0.05) is 11.8 Å². The standard InChI is InChI=1S/C7H10N2O4S2/c8-15(12,13)4-6-9-5(3-14-6)1-2-7(10)11/h3H,1-2,4H2,(H,10,11)(H2,8,12,13). The number of thiazole rings is 1. The van der Waals surface area contributed by atoms with E-state index in [0.29, 0.717) is 17.1 Å². The van der Waals surface area contributed by atoms with Crippen LogP contribution < -0.4 is 5.14 Å². The molecule has 1 aromatic heterocycles. The van der Waals surface area contributed by atoms with Crippen LogP contribution in [0.3, 0.4) is 0 Å². The number of nitrogens with zero attached hydrogens (tertiary/aromatic N) is 1. The van der Waals surface area contributed by atoms with E-state index in [1.54, 1.807) is 5.38 Å². The van der Waals surface area contributed by atoms with Crippen molar-refractivity contribution in [3.05, 3.63) is 16.1 Å². The Morgan fingerprint density at radius 2 is 2.27 bits per heavy atom. The van der Waals surface area contributed by atoms with Crippen LogP contribution in [-0.4, -0.2) is 24.5 Å². The van der Waals surface area contributed by atoms with Crippen LogP contribution in [0.25, 0.3) is 0 Å². The number of rotatable bonds is 5. The van der Waals surface area contributed by atoms with Gasteiger partial charge in [-0.05, 0) is 0 Å². The van der Waals surface area contributed by atoms with Gasteiger partial charge in [0.25, 0.3) is 0 Å². The second-order valence-electron chi connectivity index (χ2n) is 2.93. The number of aliphatic carboxylic acids is 1. The summed E-state index contributed by atoms with van der Waals surface area (Å²) in [5.74, 6) is -1.21. The van der Waals surface area contributed by atoms with E-state index in [1.165, 1.54) is 0 Å². The van der Waals surface area contributed by atoms with Gasteiger partial charge >= 0.3 is 5.97 Å². The fraction of sp³-hybridized carbons (Fsp3) is 0.429. The molecule has 0 atom stereocenters. The number of hydrogen-bond acceptors (Lipinski definition) is 5. The Hall–Kier alpha value is -0.990. The molecule has 0 aromatic carbocycles. The first-order valence-corrected chi connectivity index (χ1v) is 6.62. The highest BCUT2D eigenvalue weighted by Gasteiger charge is 2.10. The van der Waals surface area contributed by atoms with Crippen LogP contribution in [0.15, 0.2) is 5.38 Å². The number of primary sulfonamides is 1. The molecule has 0 saturated carbocycles. The maximum Gasteiger partial charge on any atom is 0.303 e. The summed E-state index contributed by atoms with van der Waals surface area (Å²) in [6.07, 6.45) is 0.287. The first-order chi connectivity index (χ1) is 6.87. The minimum Gasteiger partial charge on any atom is -0.481 e. The zero-order valence-corrected chi connectivity index (χ0v) is 9.34. The molecule has 1 aromatic rings. The van der Waals surface area contributed by atoms with Crippen molar-refractivity contribution in [2.75, 3.05) is 0 Å². The fourth-order valence-electron chi connectivity index (χ4n) is 0.937. The lowest BCUT2D eigenvalue weighted by atomic mass is 10.2. The Morgan fingerprint density at radius 1 is 1.60 bits per heavy atom. The van der Waals surface area contributed by atoms with Crippen molar-refractivity contribution in [1.82, 2.24) is 4.98 Å². The van der Waals surface area contributed by atoms with Crippen molar-refractivity contribution in [1.29, 1.82) is 0 Å². The summed E-state index contributed by atoms with van der Waals surface area (Å²) in [5.41, 5.74) is 0.584.